The van der Waals surface area contributed by atoms with Crippen LogP contribution in [0.5, 0.6) is 0 Å². The lowest BCUT2D eigenvalue weighted by molar-refractivity contribution is -0.202. The highest BCUT2D eigenvalue weighted by Crippen LogP contribution is 2.53. The highest BCUT2D eigenvalue weighted by atomic mass is 16.7. The molecule has 2 N–H and O–H groups in total. The number of carbonyl (C=O) groups is 1. The first-order valence-electron chi connectivity index (χ1n) is 10.4. The van der Waals surface area contributed by atoms with Crippen molar-refractivity contribution in [2.75, 3.05) is 6.61 Å². The van der Waals surface area contributed by atoms with Gasteiger partial charge >= 0.3 is 0 Å². The summed E-state index contributed by atoms with van der Waals surface area (Å²) in [6.45, 7) is 4.41. The third-order valence-electron chi connectivity index (χ3n) is 7.26. The van der Waals surface area contributed by atoms with Crippen LogP contribution in [0.15, 0.2) is 42.5 Å². The minimum absolute atomic E-state index is 0.0333. The van der Waals surface area contributed by atoms with Crippen molar-refractivity contribution in [2.24, 2.45) is 17.8 Å². The molecule has 2 aliphatic heterocycles. The van der Waals surface area contributed by atoms with Crippen molar-refractivity contribution in [1.82, 2.24) is 5.32 Å². The molecule has 5 heteroatoms. The van der Waals surface area contributed by atoms with E-state index in [1.807, 2.05) is 37.3 Å². The zero-order valence-corrected chi connectivity index (χ0v) is 16.8. The van der Waals surface area contributed by atoms with Crippen molar-refractivity contribution in [3.05, 3.63) is 48.0 Å². The zero-order chi connectivity index (χ0) is 19.8. The molecule has 0 bridgehead atoms. The maximum atomic E-state index is 12.9. The van der Waals surface area contributed by atoms with Crippen LogP contribution < -0.4 is 5.32 Å². The van der Waals surface area contributed by atoms with Gasteiger partial charge in [0.05, 0.1) is 24.7 Å². The van der Waals surface area contributed by atoms with Crippen molar-refractivity contribution in [3.63, 3.8) is 0 Å². The molecule has 1 aromatic rings. The van der Waals surface area contributed by atoms with Crippen LogP contribution >= 0.6 is 0 Å². The number of carbonyl (C=O) groups excluding carboxylic acids is 1. The van der Waals surface area contributed by atoms with Gasteiger partial charge in [-0.25, -0.2) is 0 Å². The van der Waals surface area contributed by atoms with E-state index in [0.717, 1.165) is 24.8 Å². The fourth-order valence-corrected chi connectivity index (χ4v) is 5.42. The van der Waals surface area contributed by atoms with Crippen LogP contribution in [0.4, 0.5) is 0 Å². The molecule has 152 valence electrons. The number of aliphatic hydroxyl groups excluding tert-OH is 1. The predicted molar refractivity (Wildman–Crippen MR) is 106 cm³/mol. The first kappa shape index (κ1) is 19.6. The fourth-order valence-electron chi connectivity index (χ4n) is 5.42. The Morgan fingerprint density at radius 1 is 1.36 bits per heavy atom. The number of benzene rings is 1. The number of nitrogens with one attached hydrogen (secondary N) is 1. The second-order valence-electron chi connectivity index (χ2n) is 8.67. The molecule has 2 saturated heterocycles. The van der Waals surface area contributed by atoms with E-state index >= 15 is 0 Å². The molecule has 28 heavy (non-hydrogen) atoms. The summed E-state index contributed by atoms with van der Waals surface area (Å²) in [5.41, 5.74) is -0.511. The lowest BCUT2D eigenvalue weighted by Gasteiger charge is -2.47. The molecule has 4 rings (SSSR count). The Kier molecular flexibility index (Phi) is 5.34. The van der Waals surface area contributed by atoms with Crippen molar-refractivity contribution in [1.29, 1.82) is 0 Å². The first-order valence-corrected chi connectivity index (χ1v) is 10.4. The summed E-state index contributed by atoms with van der Waals surface area (Å²) in [4.78, 5) is 12.9. The Balaban J connectivity index is 1.54. The Labute approximate surface area is 167 Å². The van der Waals surface area contributed by atoms with E-state index in [2.05, 4.69) is 24.4 Å². The predicted octanol–water partition coefficient (Wildman–Crippen LogP) is 3.18. The highest BCUT2D eigenvalue weighted by molar-refractivity contribution is 5.85. The summed E-state index contributed by atoms with van der Waals surface area (Å²) < 4.78 is 12.4. The molecule has 1 unspecified atom stereocenters. The van der Waals surface area contributed by atoms with Gasteiger partial charge in [-0.1, -0.05) is 49.4 Å². The quantitative estimate of drug-likeness (QED) is 0.738. The molecule has 1 aliphatic carbocycles. The maximum Gasteiger partial charge on any atom is 0.226 e. The largest absolute Gasteiger partial charge is 0.394 e. The molecule has 5 nitrogen and oxygen atoms in total. The van der Waals surface area contributed by atoms with Crippen LogP contribution in [0, 0.1) is 17.8 Å². The van der Waals surface area contributed by atoms with Crippen LogP contribution in [0.3, 0.4) is 0 Å². The van der Waals surface area contributed by atoms with Crippen LogP contribution in [0.1, 0.15) is 45.1 Å². The van der Waals surface area contributed by atoms with Gasteiger partial charge < -0.3 is 19.9 Å². The Hall–Kier alpha value is -1.69. The average molecular weight is 386 g/mol. The van der Waals surface area contributed by atoms with Crippen LogP contribution in [0.2, 0.25) is 0 Å². The van der Waals surface area contributed by atoms with Crippen LogP contribution in [-0.2, 0) is 20.9 Å². The number of aliphatic hydroxyl groups is 1. The number of fused-ring (bicyclic) bond motifs is 1. The van der Waals surface area contributed by atoms with E-state index in [4.69, 9.17) is 9.47 Å². The number of rotatable bonds is 6. The zero-order valence-electron chi connectivity index (χ0n) is 16.8. The van der Waals surface area contributed by atoms with Crippen molar-refractivity contribution in [2.45, 2.75) is 63.6 Å². The third kappa shape index (κ3) is 3.10. The number of hydrogen-bond acceptors (Lipinski definition) is 4. The van der Waals surface area contributed by atoms with Gasteiger partial charge in [0.1, 0.15) is 5.60 Å². The molecule has 0 spiro atoms. The molecule has 0 saturated carbocycles. The Bertz CT molecular complexity index is 735. The molecule has 0 radical (unpaired) electrons. The molecular weight excluding hydrogens is 354 g/mol. The average Bonchev–Trinajstić information content (AvgIpc) is 3.18. The van der Waals surface area contributed by atoms with Gasteiger partial charge in [-0.05, 0) is 43.6 Å². The molecule has 6 atom stereocenters. The van der Waals surface area contributed by atoms with E-state index in [0.29, 0.717) is 18.9 Å². The second kappa shape index (κ2) is 7.62. The number of amides is 1. The van der Waals surface area contributed by atoms with E-state index in [1.165, 1.54) is 0 Å². The molecule has 2 fully saturated rings. The molecule has 3 aliphatic rings. The monoisotopic (exact) mass is 385 g/mol. The van der Waals surface area contributed by atoms with E-state index in [-0.39, 0.29) is 24.3 Å². The summed E-state index contributed by atoms with van der Waals surface area (Å²) in [5, 5.41) is 13.6. The van der Waals surface area contributed by atoms with E-state index in [9.17, 15) is 9.90 Å². The number of allylic oxidation sites excluding steroid dienone is 2. The summed E-state index contributed by atoms with van der Waals surface area (Å²) >= 11 is 0. The van der Waals surface area contributed by atoms with Gasteiger partial charge in [-0.2, -0.15) is 0 Å². The molecular formula is C23H31NO4. The minimum Gasteiger partial charge on any atom is -0.394 e. The van der Waals surface area contributed by atoms with Crippen LogP contribution in [-0.4, -0.2) is 35.1 Å². The summed E-state index contributed by atoms with van der Waals surface area (Å²) in [6, 6.07) is 9.96. The number of ether oxygens (including phenoxy) is 2. The molecule has 0 aromatic heterocycles. The minimum atomic E-state index is -0.800. The van der Waals surface area contributed by atoms with Gasteiger partial charge in [0, 0.05) is 6.42 Å². The van der Waals surface area contributed by atoms with Crippen molar-refractivity contribution >= 4 is 5.91 Å². The van der Waals surface area contributed by atoms with Gasteiger partial charge in [0.2, 0.25) is 5.91 Å². The SMILES string of the molecule is C[C@@H]([C@@H]1C=CCCC1)[C@@]1(CO)NC(=O)[C@@H]2CC(OCc3ccccc3)O[C@@]21C. The highest BCUT2D eigenvalue weighted by Gasteiger charge is 2.69. The summed E-state index contributed by atoms with van der Waals surface area (Å²) in [5.74, 6) is 0.0509. The summed E-state index contributed by atoms with van der Waals surface area (Å²) in [7, 11) is 0. The third-order valence-corrected chi connectivity index (χ3v) is 7.26. The van der Waals surface area contributed by atoms with Gasteiger partial charge in [0.25, 0.3) is 0 Å². The normalized spacial score (nSPS) is 38.2. The van der Waals surface area contributed by atoms with E-state index < -0.39 is 17.4 Å². The standard InChI is InChI=1S/C23H31NO4/c1-16(18-11-7-4-8-12-18)23(15-25)22(2)19(21(26)24-23)13-20(28-22)27-14-17-9-5-3-6-10-17/h3,5-7,9-11,16,18-20,25H,4,8,12-15H2,1-2H3,(H,24,26)/t16-,18+,19-,20?,22-,23+/m0/s1. The molecule has 1 amide bonds. The van der Waals surface area contributed by atoms with E-state index in [1.54, 1.807) is 0 Å². The topological polar surface area (TPSA) is 67.8 Å². The van der Waals surface area contributed by atoms with Gasteiger partial charge in [-0.15, -0.1) is 0 Å². The smallest absolute Gasteiger partial charge is 0.226 e. The molecule has 2 heterocycles. The van der Waals surface area contributed by atoms with Crippen LogP contribution in [0.25, 0.3) is 0 Å². The van der Waals surface area contributed by atoms with Gasteiger partial charge in [-0.3, -0.25) is 4.79 Å². The second-order valence-corrected chi connectivity index (χ2v) is 8.67. The Morgan fingerprint density at radius 2 is 2.14 bits per heavy atom. The van der Waals surface area contributed by atoms with Crippen molar-refractivity contribution < 1.29 is 19.4 Å². The summed E-state index contributed by atoms with van der Waals surface area (Å²) in [6.07, 6.45) is 7.86. The van der Waals surface area contributed by atoms with Crippen molar-refractivity contribution in [3.8, 4) is 0 Å². The molecule has 1 aromatic carbocycles. The van der Waals surface area contributed by atoms with Gasteiger partial charge in [0.15, 0.2) is 6.29 Å². The lowest BCUT2D eigenvalue weighted by Crippen LogP contribution is -2.65. The fraction of sp³-hybridized carbons (Fsp3) is 0.609. The number of hydrogen-bond donors (Lipinski definition) is 2. The lowest BCUT2D eigenvalue weighted by atomic mass is 9.65. The Morgan fingerprint density at radius 3 is 2.82 bits per heavy atom. The first-order chi connectivity index (χ1) is 13.5. The maximum absolute atomic E-state index is 12.9.